The van der Waals surface area contributed by atoms with Crippen LogP contribution in [-0.2, 0) is 14.4 Å². The van der Waals surface area contributed by atoms with Gasteiger partial charge in [0.15, 0.2) is 6.10 Å². The van der Waals surface area contributed by atoms with Crippen LogP contribution < -0.4 is 14.7 Å². The maximum absolute atomic E-state index is 13.5. The fraction of sp³-hybridized carbons (Fsp3) is 0.174. The molecule has 0 unspecified atom stereocenters. The zero-order valence-electron chi connectivity index (χ0n) is 16.2. The lowest BCUT2D eigenvalue weighted by Gasteiger charge is -2.28. The van der Waals surface area contributed by atoms with Crippen molar-refractivity contribution in [2.24, 2.45) is 5.92 Å². The number of fused-ring (bicyclic) bond motifs is 1. The highest BCUT2D eigenvalue weighted by Gasteiger charge is 2.60. The van der Waals surface area contributed by atoms with E-state index in [1.54, 1.807) is 48.8 Å². The average molecular weight is 401 g/mol. The second-order valence-electron chi connectivity index (χ2n) is 7.15. The summed E-state index contributed by atoms with van der Waals surface area (Å²) < 4.78 is 5.17. The highest BCUT2D eigenvalue weighted by atomic mass is 16.7. The molecule has 2 aliphatic rings. The number of para-hydroxylation sites is 1. The topological polar surface area (TPSA) is 72.0 Å². The fourth-order valence-electron chi connectivity index (χ4n) is 4.09. The quantitative estimate of drug-likeness (QED) is 0.626. The van der Waals surface area contributed by atoms with Gasteiger partial charge in [-0.05, 0) is 48.0 Å². The van der Waals surface area contributed by atoms with Gasteiger partial charge in [-0.1, -0.05) is 24.3 Å². The Morgan fingerprint density at radius 2 is 1.67 bits per heavy atom. The Bertz CT molecular complexity index is 1070. The van der Waals surface area contributed by atoms with E-state index in [1.165, 1.54) is 4.90 Å². The van der Waals surface area contributed by atoms with Crippen LogP contribution in [0.1, 0.15) is 11.6 Å². The van der Waals surface area contributed by atoms with Gasteiger partial charge in [0.05, 0.1) is 24.5 Å². The molecule has 3 aromatic rings. The summed E-state index contributed by atoms with van der Waals surface area (Å²) in [5.41, 5.74) is 2.09. The van der Waals surface area contributed by atoms with Crippen LogP contribution in [0.3, 0.4) is 0 Å². The number of nitrogens with zero attached hydrogens (tertiary/aromatic N) is 3. The van der Waals surface area contributed by atoms with Gasteiger partial charge >= 0.3 is 0 Å². The Balaban J connectivity index is 1.55. The summed E-state index contributed by atoms with van der Waals surface area (Å²) in [4.78, 5) is 38.2. The third kappa shape index (κ3) is 2.83. The van der Waals surface area contributed by atoms with E-state index in [0.29, 0.717) is 11.4 Å². The minimum Gasteiger partial charge on any atom is -0.497 e. The van der Waals surface area contributed by atoms with Gasteiger partial charge in [-0.25, -0.2) is 9.96 Å². The van der Waals surface area contributed by atoms with Crippen molar-refractivity contribution in [2.75, 3.05) is 17.1 Å². The lowest BCUT2D eigenvalue weighted by Crippen LogP contribution is -2.37. The Labute approximate surface area is 173 Å². The molecule has 0 N–H and O–H groups in total. The summed E-state index contributed by atoms with van der Waals surface area (Å²) in [6.07, 6.45) is 2.49. The number of carbonyl (C=O) groups excluding carboxylic acids is 2. The maximum atomic E-state index is 13.5. The number of ether oxygens (including phenoxy) is 1. The minimum absolute atomic E-state index is 0.289. The van der Waals surface area contributed by atoms with Gasteiger partial charge in [0.25, 0.3) is 5.91 Å². The molecule has 2 saturated heterocycles. The molecule has 0 aliphatic carbocycles. The second-order valence-corrected chi connectivity index (χ2v) is 7.15. The molecule has 3 heterocycles. The van der Waals surface area contributed by atoms with E-state index in [9.17, 15) is 9.59 Å². The second kappa shape index (κ2) is 7.27. The van der Waals surface area contributed by atoms with Gasteiger partial charge in [-0.15, -0.1) is 0 Å². The van der Waals surface area contributed by atoms with Crippen molar-refractivity contribution < 1.29 is 19.2 Å². The van der Waals surface area contributed by atoms with Gasteiger partial charge < -0.3 is 4.74 Å². The Morgan fingerprint density at radius 3 is 2.33 bits per heavy atom. The molecule has 30 heavy (non-hydrogen) atoms. The van der Waals surface area contributed by atoms with Crippen molar-refractivity contribution in [2.45, 2.75) is 12.1 Å². The van der Waals surface area contributed by atoms with Crippen LogP contribution >= 0.6 is 0 Å². The zero-order valence-corrected chi connectivity index (χ0v) is 16.2. The smallest absolute Gasteiger partial charge is 0.266 e. The summed E-state index contributed by atoms with van der Waals surface area (Å²) in [7, 11) is 1.57. The van der Waals surface area contributed by atoms with E-state index in [-0.39, 0.29) is 11.8 Å². The molecule has 7 nitrogen and oxygen atoms in total. The van der Waals surface area contributed by atoms with Crippen molar-refractivity contribution in [1.29, 1.82) is 0 Å². The number of carbonyl (C=O) groups is 2. The van der Waals surface area contributed by atoms with Crippen LogP contribution in [0.25, 0.3) is 0 Å². The van der Waals surface area contributed by atoms with Gasteiger partial charge in [0.1, 0.15) is 11.7 Å². The van der Waals surface area contributed by atoms with Gasteiger partial charge in [-0.2, -0.15) is 0 Å². The van der Waals surface area contributed by atoms with Crippen molar-refractivity contribution >= 4 is 23.2 Å². The largest absolute Gasteiger partial charge is 0.497 e. The summed E-state index contributed by atoms with van der Waals surface area (Å²) in [5, 5.41) is 1.66. The maximum Gasteiger partial charge on any atom is 0.266 e. The highest BCUT2D eigenvalue weighted by molar-refractivity contribution is 6.23. The monoisotopic (exact) mass is 401 g/mol. The third-order valence-corrected chi connectivity index (χ3v) is 5.48. The molecule has 0 spiro atoms. The van der Waals surface area contributed by atoms with Crippen LogP contribution in [0.2, 0.25) is 0 Å². The highest BCUT2D eigenvalue weighted by Crippen LogP contribution is 2.47. The number of amides is 2. The molecule has 2 aromatic carbocycles. The molecular formula is C23H19N3O4. The van der Waals surface area contributed by atoms with Gasteiger partial charge in [-0.3, -0.25) is 19.4 Å². The minimum atomic E-state index is -0.898. The number of aromatic nitrogens is 1. The van der Waals surface area contributed by atoms with Crippen molar-refractivity contribution in [3.05, 3.63) is 84.7 Å². The molecular weight excluding hydrogens is 382 g/mol. The standard InChI is InChI=1S/C23H19N3O4/c1-29-18-11-9-16(10-12-18)25-22(27)19-20(15-6-5-13-24-14-15)26(30-21(19)23(25)28)17-7-3-2-4-8-17/h2-14,19-21H,1H3/t19-,20-,21-/m1/s1. The van der Waals surface area contributed by atoms with Crippen LogP contribution in [0.4, 0.5) is 11.4 Å². The summed E-state index contributed by atoms with van der Waals surface area (Å²) in [6, 6.07) is 19.5. The zero-order chi connectivity index (χ0) is 20.7. The van der Waals surface area contributed by atoms with Crippen molar-refractivity contribution in [1.82, 2.24) is 4.98 Å². The SMILES string of the molecule is COc1ccc(N2C(=O)[C@@H]3[C@@H](c4cccnc4)N(c4ccccc4)O[C@H]3C2=O)cc1. The van der Waals surface area contributed by atoms with Crippen LogP contribution in [0.15, 0.2) is 79.1 Å². The predicted molar refractivity (Wildman–Crippen MR) is 110 cm³/mol. The van der Waals surface area contributed by atoms with E-state index < -0.39 is 18.1 Å². The summed E-state index contributed by atoms with van der Waals surface area (Å²) in [5.74, 6) is -0.688. The average Bonchev–Trinajstić information content (AvgIpc) is 3.31. The molecule has 5 rings (SSSR count). The van der Waals surface area contributed by atoms with Crippen LogP contribution in [0, 0.1) is 5.92 Å². The third-order valence-electron chi connectivity index (χ3n) is 5.48. The number of benzene rings is 2. The number of hydroxylamine groups is 1. The number of imide groups is 1. The molecule has 150 valence electrons. The number of hydrogen-bond donors (Lipinski definition) is 0. The molecule has 2 aliphatic heterocycles. The predicted octanol–water partition coefficient (Wildman–Crippen LogP) is 3.14. The Morgan fingerprint density at radius 1 is 0.900 bits per heavy atom. The Kier molecular flexibility index (Phi) is 4.44. The molecule has 0 radical (unpaired) electrons. The molecule has 2 amide bonds. The number of methoxy groups -OCH3 is 1. The summed E-state index contributed by atoms with van der Waals surface area (Å²) >= 11 is 0. The van der Waals surface area contributed by atoms with Crippen LogP contribution in [-0.4, -0.2) is 30.0 Å². The molecule has 0 bridgehead atoms. The van der Waals surface area contributed by atoms with E-state index >= 15 is 0 Å². The van der Waals surface area contributed by atoms with E-state index in [4.69, 9.17) is 9.57 Å². The summed E-state index contributed by atoms with van der Waals surface area (Å²) in [6.45, 7) is 0. The van der Waals surface area contributed by atoms with Crippen molar-refractivity contribution in [3.63, 3.8) is 0 Å². The van der Waals surface area contributed by atoms with E-state index in [1.807, 2.05) is 42.5 Å². The molecule has 7 heteroatoms. The number of pyridine rings is 1. The first-order valence-electron chi connectivity index (χ1n) is 9.62. The molecule has 1 aromatic heterocycles. The van der Waals surface area contributed by atoms with Crippen LogP contribution in [0.5, 0.6) is 5.75 Å². The van der Waals surface area contributed by atoms with Gasteiger partial charge in [0.2, 0.25) is 5.91 Å². The molecule has 2 fully saturated rings. The first-order chi connectivity index (χ1) is 14.7. The normalized spacial score (nSPS) is 23.0. The van der Waals surface area contributed by atoms with Gasteiger partial charge in [0, 0.05) is 12.4 Å². The van der Waals surface area contributed by atoms with E-state index in [2.05, 4.69) is 4.98 Å². The lowest BCUT2D eigenvalue weighted by molar-refractivity contribution is -0.126. The molecule has 3 atom stereocenters. The number of hydrogen-bond acceptors (Lipinski definition) is 6. The number of anilines is 2. The molecule has 0 saturated carbocycles. The first-order valence-corrected chi connectivity index (χ1v) is 9.62. The number of rotatable bonds is 4. The first kappa shape index (κ1) is 18.3. The van der Waals surface area contributed by atoms with Crippen molar-refractivity contribution in [3.8, 4) is 5.75 Å². The fourth-order valence-corrected chi connectivity index (χ4v) is 4.09. The van der Waals surface area contributed by atoms with E-state index in [0.717, 1.165) is 11.3 Å². The Hall–Kier alpha value is -3.71. The lowest BCUT2D eigenvalue weighted by atomic mass is 9.91.